The Bertz CT molecular complexity index is 851. The van der Waals surface area contributed by atoms with E-state index in [4.69, 9.17) is 18.9 Å². The van der Waals surface area contributed by atoms with Crippen molar-refractivity contribution in [2.24, 2.45) is 10.8 Å². The van der Waals surface area contributed by atoms with Crippen molar-refractivity contribution < 1.29 is 28.5 Å². The third-order valence-corrected chi connectivity index (χ3v) is 5.24. The van der Waals surface area contributed by atoms with E-state index in [0.717, 1.165) is 11.1 Å². The average molecular weight is 457 g/mol. The maximum absolute atomic E-state index is 12.2. The molecule has 0 heterocycles. The van der Waals surface area contributed by atoms with Gasteiger partial charge in [0.05, 0.1) is 29.5 Å². The summed E-state index contributed by atoms with van der Waals surface area (Å²) in [5, 5.41) is 0. The molecular formula is C27H36O6. The van der Waals surface area contributed by atoms with Gasteiger partial charge in [-0.3, -0.25) is 9.59 Å². The molecule has 0 aliphatic rings. The standard InChI is InChI=1S/C27H36O6/c1-25(2,3)23(28)32-21-13-9-19(10-14-21)27(17-30-7,18-31-8)20-11-15-22(16-12-20)33-24(29)26(4,5)6/h9-16H,17-18H2,1-8H3. The van der Waals surface area contributed by atoms with Crippen LogP contribution < -0.4 is 9.47 Å². The first kappa shape index (κ1) is 26.6. The summed E-state index contributed by atoms with van der Waals surface area (Å²) < 4.78 is 22.2. The zero-order chi connectivity index (χ0) is 24.9. The summed E-state index contributed by atoms with van der Waals surface area (Å²) in [6, 6.07) is 14.8. The Labute approximate surface area is 197 Å². The van der Waals surface area contributed by atoms with Crippen LogP contribution in [0.4, 0.5) is 0 Å². The first-order valence-corrected chi connectivity index (χ1v) is 11.0. The van der Waals surface area contributed by atoms with E-state index in [0.29, 0.717) is 24.7 Å². The van der Waals surface area contributed by atoms with Gasteiger partial charge in [-0.15, -0.1) is 0 Å². The minimum absolute atomic E-state index is 0.296. The van der Waals surface area contributed by atoms with E-state index in [1.807, 2.05) is 65.8 Å². The Hall–Kier alpha value is -2.70. The fraction of sp³-hybridized carbons (Fsp3) is 0.481. The summed E-state index contributed by atoms with van der Waals surface area (Å²) in [5.74, 6) is 0.366. The third-order valence-electron chi connectivity index (χ3n) is 5.24. The zero-order valence-electron chi connectivity index (χ0n) is 21.0. The van der Waals surface area contributed by atoms with E-state index in [-0.39, 0.29) is 11.9 Å². The first-order chi connectivity index (χ1) is 15.3. The molecule has 33 heavy (non-hydrogen) atoms. The van der Waals surface area contributed by atoms with E-state index < -0.39 is 16.2 Å². The first-order valence-electron chi connectivity index (χ1n) is 11.0. The number of rotatable bonds is 8. The maximum Gasteiger partial charge on any atom is 0.316 e. The Kier molecular flexibility index (Phi) is 8.44. The molecular weight excluding hydrogens is 420 g/mol. The quantitative estimate of drug-likeness (QED) is 0.403. The highest BCUT2D eigenvalue weighted by Gasteiger charge is 2.35. The molecule has 2 aromatic carbocycles. The second-order valence-electron chi connectivity index (χ2n) is 10.3. The fourth-order valence-corrected chi connectivity index (χ4v) is 3.24. The summed E-state index contributed by atoms with van der Waals surface area (Å²) >= 11 is 0. The molecule has 0 aromatic heterocycles. The topological polar surface area (TPSA) is 71.1 Å². The molecule has 0 fully saturated rings. The number of carbonyl (C=O) groups excluding carboxylic acids is 2. The van der Waals surface area contributed by atoms with Crippen LogP contribution in [0.25, 0.3) is 0 Å². The normalized spacial score (nSPS) is 12.4. The van der Waals surface area contributed by atoms with E-state index in [1.54, 1.807) is 38.5 Å². The lowest BCUT2D eigenvalue weighted by Crippen LogP contribution is -2.37. The smallest absolute Gasteiger partial charge is 0.316 e. The van der Waals surface area contributed by atoms with Crippen molar-refractivity contribution in [3.05, 3.63) is 59.7 Å². The van der Waals surface area contributed by atoms with Gasteiger partial charge in [0.1, 0.15) is 11.5 Å². The molecule has 0 radical (unpaired) electrons. The van der Waals surface area contributed by atoms with Gasteiger partial charge in [-0.25, -0.2) is 0 Å². The Morgan fingerprint density at radius 2 is 0.909 bits per heavy atom. The van der Waals surface area contributed by atoms with Crippen LogP contribution in [0.5, 0.6) is 11.5 Å². The van der Waals surface area contributed by atoms with E-state index in [2.05, 4.69) is 0 Å². The summed E-state index contributed by atoms with van der Waals surface area (Å²) in [4.78, 5) is 24.4. The lowest BCUT2D eigenvalue weighted by molar-refractivity contribution is -0.143. The molecule has 0 saturated carbocycles. The van der Waals surface area contributed by atoms with Gasteiger partial charge in [0.15, 0.2) is 0 Å². The largest absolute Gasteiger partial charge is 0.426 e. The molecule has 0 aliphatic heterocycles. The molecule has 0 saturated heterocycles. The van der Waals surface area contributed by atoms with Crippen molar-refractivity contribution in [3.63, 3.8) is 0 Å². The zero-order valence-corrected chi connectivity index (χ0v) is 21.0. The molecule has 180 valence electrons. The van der Waals surface area contributed by atoms with Crippen molar-refractivity contribution in [1.82, 2.24) is 0 Å². The van der Waals surface area contributed by atoms with Crippen LogP contribution in [-0.4, -0.2) is 39.4 Å². The van der Waals surface area contributed by atoms with Gasteiger partial charge in [-0.1, -0.05) is 24.3 Å². The Morgan fingerprint density at radius 3 is 1.15 bits per heavy atom. The molecule has 6 heteroatoms. The minimum atomic E-state index is -0.608. The van der Waals surface area contributed by atoms with Crippen molar-refractivity contribution in [1.29, 1.82) is 0 Å². The van der Waals surface area contributed by atoms with Gasteiger partial charge in [0.25, 0.3) is 0 Å². The number of benzene rings is 2. The number of ether oxygens (including phenoxy) is 4. The van der Waals surface area contributed by atoms with Crippen LogP contribution in [0.3, 0.4) is 0 Å². The van der Waals surface area contributed by atoms with Crippen molar-refractivity contribution in [3.8, 4) is 11.5 Å². The van der Waals surface area contributed by atoms with Crippen LogP contribution in [0.2, 0.25) is 0 Å². The van der Waals surface area contributed by atoms with Crippen LogP contribution in [-0.2, 0) is 24.5 Å². The number of esters is 2. The molecule has 0 spiro atoms. The number of hydrogen-bond acceptors (Lipinski definition) is 6. The summed E-state index contributed by atoms with van der Waals surface area (Å²) in [7, 11) is 3.28. The van der Waals surface area contributed by atoms with Crippen molar-refractivity contribution in [2.75, 3.05) is 27.4 Å². The van der Waals surface area contributed by atoms with Gasteiger partial charge in [0, 0.05) is 14.2 Å². The van der Waals surface area contributed by atoms with Crippen molar-refractivity contribution in [2.45, 2.75) is 47.0 Å². The second kappa shape index (κ2) is 10.5. The fourth-order valence-electron chi connectivity index (χ4n) is 3.24. The van der Waals surface area contributed by atoms with Crippen LogP contribution in [0.1, 0.15) is 52.7 Å². The maximum atomic E-state index is 12.2. The van der Waals surface area contributed by atoms with Crippen LogP contribution in [0.15, 0.2) is 48.5 Å². The van der Waals surface area contributed by atoms with E-state index in [9.17, 15) is 9.59 Å². The monoisotopic (exact) mass is 456 g/mol. The van der Waals surface area contributed by atoms with Crippen LogP contribution >= 0.6 is 0 Å². The lowest BCUT2D eigenvalue weighted by Gasteiger charge is -2.34. The van der Waals surface area contributed by atoms with Gasteiger partial charge >= 0.3 is 11.9 Å². The SMILES string of the molecule is COCC(COC)(c1ccc(OC(=O)C(C)(C)C)cc1)c1ccc(OC(=O)C(C)(C)C)cc1. The molecule has 0 amide bonds. The van der Waals surface area contributed by atoms with Crippen molar-refractivity contribution >= 4 is 11.9 Å². The van der Waals surface area contributed by atoms with E-state index >= 15 is 0 Å². The number of carbonyl (C=O) groups is 2. The third kappa shape index (κ3) is 6.65. The highest BCUT2D eigenvalue weighted by Crippen LogP contribution is 2.35. The summed E-state index contributed by atoms with van der Waals surface area (Å²) in [5.41, 5.74) is 0.101. The van der Waals surface area contributed by atoms with Gasteiger partial charge in [-0.2, -0.15) is 0 Å². The second-order valence-corrected chi connectivity index (χ2v) is 10.3. The van der Waals surface area contributed by atoms with Gasteiger partial charge in [0.2, 0.25) is 0 Å². The summed E-state index contributed by atoms with van der Waals surface area (Å²) in [6.07, 6.45) is 0. The minimum Gasteiger partial charge on any atom is -0.426 e. The molecule has 0 aliphatic carbocycles. The van der Waals surface area contributed by atoms with Gasteiger partial charge < -0.3 is 18.9 Å². The Morgan fingerprint density at radius 1 is 0.606 bits per heavy atom. The number of methoxy groups -OCH3 is 2. The lowest BCUT2D eigenvalue weighted by atomic mass is 9.75. The Balaban J connectivity index is 2.38. The highest BCUT2D eigenvalue weighted by atomic mass is 16.5. The van der Waals surface area contributed by atoms with E-state index in [1.165, 1.54) is 0 Å². The molecule has 0 bridgehead atoms. The highest BCUT2D eigenvalue weighted by molar-refractivity contribution is 5.78. The molecule has 2 rings (SSSR count). The molecule has 6 nitrogen and oxygen atoms in total. The molecule has 0 N–H and O–H groups in total. The summed E-state index contributed by atoms with van der Waals surface area (Å²) in [6.45, 7) is 11.6. The van der Waals surface area contributed by atoms with Crippen LogP contribution in [0, 0.1) is 10.8 Å². The average Bonchev–Trinajstić information content (AvgIpc) is 2.73. The number of hydrogen-bond donors (Lipinski definition) is 0. The van der Waals surface area contributed by atoms with Gasteiger partial charge in [-0.05, 0) is 76.9 Å². The molecule has 2 aromatic rings. The molecule has 0 atom stereocenters. The predicted molar refractivity (Wildman–Crippen MR) is 128 cm³/mol. The molecule has 0 unspecified atom stereocenters. The predicted octanol–water partition coefficient (Wildman–Crippen LogP) is 5.17.